The van der Waals surface area contributed by atoms with Gasteiger partial charge in [-0.05, 0) is 149 Å². The monoisotopic (exact) mass is 838 g/mol. The maximum atomic E-state index is 2.76. The van der Waals surface area contributed by atoms with Crippen LogP contribution in [0.15, 0.2) is 152 Å². The van der Waals surface area contributed by atoms with E-state index in [4.69, 9.17) is 0 Å². The van der Waals surface area contributed by atoms with E-state index in [9.17, 15) is 0 Å². The first-order valence-electron chi connectivity index (χ1n) is 23.7. The topological polar surface area (TPSA) is 8.17 Å². The minimum Gasteiger partial charge on any atom is -0.375 e. The van der Waals surface area contributed by atoms with Crippen LogP contribution in [0.25, 0.3) is 66.3 Å². The molecule has 316 valence electrons. The minimum absolute atomic E-state index is 0.0125. The third kappa shape index (κ3) is 5.13. The summed E-state index contributed by atoms with van der Waals surface area (Å²) in [4.78, 5) is 2.65. The highest BCUT2D eigenvalue weighted by molar-refractivity contribution is 6.90. The first-order valence-corrected chi connectivity index (χ1v) is 23.7. The molecule has 0 atom stereocenters. The molecule has 65 heavy (non-hydrogen) atoms. The Balaban J connectivity index is 1.20. The number of rotatable bonds is 2. The summed E-state index contributed by atoms with van der Waals surface area (Å²) in [5, 5.41) is 2.69. The van der Waals surface area contributed by atoms with Crippen LogP contribution in [-0.2, 0) is 21.7 Å². The second kappa shape index (κ2) is 12.6. The maximum Gasteiger partial charge on any atom is 0.333 e. The maximum absolute atomic E-state index is 2.76. The largest absolute Gasteiger partial charge is 0.375 e. The van der Waals surface area contributed by atoms with Gasteiger partial charge in [-0.15, -0.1) is 0 Å². The smallest absolute Gasteiger partial charge is 0.333 e. The van der Waals surface area contributed by atoms with E-state index in [-0.39, 0.29) is 28.5 Å². The number of anilines is 3. The molecule has 0 unspecified atom stereocenters. The van der Waals surface area contributed by atoms with Crippen LogP contribution in [0.3, 0.4) is 0 Å². The summed E-state index contributed by atoms with van der Waals surface area (Å²) in [6, 6.07) is 59.2. The van der Waals surface area contributed by atoms with Crippen LogP contribution in [0.2, 0.25) is 0 Å². The molecule has 9 aromatic rings. The number of benzene rings is 8. The zero-order valence-electron chi connectivity index (χ0n) is 39.4. The summed E-state index contributed by atoms with van der Waals surface area (Å²) in [6.45, 7) is 23.7. The molecule has 0 N–H and O–H groups in total. The first kappa shape index (κ1) is 38.8. The summed E-state index contributed by atoms with van der Waals surface area (Å²) in [5.41, 5.74) is 27.6. The van der Waals surface area contributed by atoms with Crippen LogP contribution in [0.5, 0.6) is 0 Å². The highest BCUT2D eigenvalue weighted by atomic mass is 15.2. The van der Waals surface area contributed by atoms with E-state index < -0.39 is 0 Å². The lowest BCUT2D eigenvalue weighted by Gasteiger charge is -2.42. The number of fused-ring (bicyclic) bond motifs is 13. The van der Waals surface area contributed by atoms with E-state index in [1.165, 1.54) is 128 Å². The molecule has 13 rings (SSSR count). The SMILES string of the molecule is CC(C)(C)c1ccc2c(c1)c1cc(C(C)(C)C)cc3c1n2B1c2cc4c(cc2N(c2ccc5c(c2)-c2ccccc2C5(C)C)c2cc(-c5ccccc5)cc-3c21)-c1ccccc1C4(C)C. The Labute approximate surface area is 384 Å². The van der Waals surface area contributed by atoms with Gasteiger partial charge in [0.05, 0.1) is 0 Å². The summed E-state index contributed by atoms with van der Waals surface area (Å²) >= 11 is 0. The highest BCUT2D eigenvalue weighted by Gasteiger charge is 2.47. The van der Waals surface area contributed by atoms with E-state index >= 15 is 0 Å². The molecule has 1 aromatic heterocycles. The molecule has 0 spiro atoms. The second-order valence-electron chi connectivity index (χ2n) is 22.6. The van der Waals surface area contributed by atoms with Crippen molar-refractivity contribution in [1.82, 2.24) is 4.48 Å². The Morgan fingerprint density at radius 3 is 1.74 bits per heavy atom. The van der Waals surface area contributed by atoms with Gasteiger partial charge in [-0.2, -0.15) is 0 Å². The number of hydrogen-bond acceptors (Lipinski definition) is 1. The molecule has 3 heteroatoms. The van der Waals surface area contributed by atoms with Gasteiger partial charge in [0.2, 0.25) is 0 Å². The van der Waals surface area contributed by atoms with Gasteiger partial charge in [0, 0.05) is 55.3 Å². The highest BCUT2D eigenvalue weighted by Crippen LogP contribution is 2.55. The van der Waals surface area contributed by atoms with Gasteiger partial charge in [-0.3, -0.25) is 0 Å². The van der Waals surface area contributed by atoms with Crippen molar-refractivity contribution in [3.8, 4) is 44.5 Å². The molecule has 3 heterocycles. The van der Waals surface area contributed by atoms with Gasteiger partial charge in [-0.1, -0.05) is 166 Å². The van der Waals surface area contributed by atoms with Gasteiger partial charge in [0.15, 0.2) is 0 Å². The third-order valence-electron chi connectivity index (χ3n) is 16.0. The quantitative estimate of drug-likeness (QED) is 0.157. The number of nitrogens with zero attached hydrogens (tertiary/aromatic N) is 2. The fraction of sp³-hybridized carbons (Fsp3) is 0.226. The summed E-state index contributed by atoms with van der Waals surface area (Å²) < 4.78 is 2.76. The average molecular weight is 839 g/mol. The lowest BCUT2D eigenvalue weighted by atomic mass is 9.44. The first-order chi connectivity index (χ1) is 31.0. The van der Waals surface area contributed by atoms with E-state index in [0.717, 1.165) is 0 Å². The van der Waals surface area contributed by atoms with Crippen molar-refractivity contribution in [2.75, 3.05) is 4.90 Å². The number of hydrogen-bond donors (Lipinski definition) is 0. The van der Waals surface area contributed by atoms with Crippen molar-refractivity contribution in [2.24, 2.45) is 0 Å². The Hall–Kier alpha value is -6.58. The molecule has 8 aromatic carbocycles. The van der Waals surface area contributed by atoms with Crippen molar-refractivity contribution < 1.29 is 0 Å². The lowest BCUT2D eigenvalue weighted by Crippen LogP contribution is -2.57. The van der Waals surface area contributed by atoms with Gasteiger partial charge in [-0.25, -0.2) is 0 Å². The molecule has 2 aliphatic carbocycles. The number of aromatic nitrogens is 1. The van der Waals surface area contributed by atoms with Crippen LogP contribution in [0, 0.1) is 0 Å². The van der Waals surface area contributed by atoms with Crippen LogP contribution >= 0.6 is 0 Å². The predicted molar refractivity (Wildman–Crippen MR) is 278 cm³/mol. The molecular formula is C62H55BN2. The van der Waals surface area contributed by atoms with E-state index in [1.54, 1.807) is 0 Å². The molecule has 0 fully saturated rings. The lowest BCUT2D eigenvalue weighted by molar-refractivity contribution is 0.590. The Bertz CT molecular complexity index is 3570. The standard InChI is InChI=1S/C62H55BN2/c1-59(2,3)38-24-27-54-45(30-38)47-31-39(60(4,5)6)32-48-46-28-37(36-18-12-11-13-19-36)29-56-57(46)63(65(54)58(47)48)53-35-52-44(42-21-15-17-23-50(42)62(52,9)10)34-55(53)64(56)40-25-26-51-43(33-40)41-20-14-16-22-49(41)61(51,7)8/h11-35H,1-10H3. The molecule has 0 saturated carbocycles. The average Bonchev–Trinajstić information content (AvgIpc) is 3.83. The summed E-state index contributed by atoms with van der Waals surface area (Å²) in [6.07, 6.45) is 0. The fourth-order valence-electron chi connectivity index (χ4n) is 12.5. The summed E-state index contributed by atoms with van der Waals surface area (Å²) in [5.74, 6) is 0. The Morgan fingerprint density at radius 1 is 0.431 bits per heavy atom. The van der Waals surface area contributed by atoms with Crippen molar-refractivity contribution in [3.05, 3.63) is 185 Å². The van der Waals surface area contributed by atoms with Crippen molar-refractivity contribution in [3.63, 3.8) is 0 Å². The second-order valence-corrected chi connectivity index (χ2v) is 22.6. The van der Waals surface area contributed by atoms with Crippen molar-refractivity contribution in [2.45, 2.75) is 90.9 Å². The van der Waals surface area contributed by atoms with Crippen LogP contribution in [0.1, 0.15) is 103 Å². The molecule has 0 amide bonds. The normalized spacial score (nSPS) is 15.7. The van der Waals surface area contributed by atoms with E-state index in [1.807, 2.05) is 0 Å². The zero-order chi connectivity index (χ0) is 44.7. The molecular weight excluding hydrogens is 784 g/mol. The van der Waals surface area contributed by atoms with E-state index in [2.05, 4.69) is 230 Å². The van der Waals surface area contributed by atoms with Crippen LogP contribution in [0.4, 0.5) is 17.1 Å². The van der Waals surface area contributed by atoms with Gasteiger partial charge < -0.3 is 9.38 Å². The van der Waals surface area contributed by atoms with Crippen molar-refractivity contribution in [1.29, 1.82) is 0 Å². The van der Waals surface area contributed by atoms with Gasteiger partial charge >= 0.3 is 6.85 Å². The summed E-state index contributed by atoms with van der Waals surface area (Å²) in [7, 11) is 0. The molecule has 4 aliphatic rings. The minimum atomic E-state index is -0.154. The third-order valence-corrected chi connectivity index (χ3v) is 16.0. The molecule has 0 radical (unpaired) electrons. The zero-order valence-corrected chi connectivity index (χ0v) is 39.4. The van der Waals surface area contributed by atoms with E-state index in [0.29, 0.717) is 0 Å². The van der Waals surface area contributed by atoms with Gasteiger partial charge in [0.25, 0.3) is 0 Å². The van der Waals surface area contributed by atoms with Crippen molar-refractivity contribution >= 4 is 56.6 Å². The van der Waals surface area contributed by atoms with Crippen LogP contribution in [-0.4, -0.2) is 11.3 Å². The molecule has 2 nitrogen and oxygen atoms in total. The predicted octanol–water partition coefficient (Wildman–Crippen LogP) is 15.1. The molecule has 2 aliphatic heterocycles. The molecule has 0 bridgehead atoms. The Kier molecular flexibility index (Phi) is 7.53. The van der Waals surface area contributed by atoms with Crippen LogP contribution < -0.4 is 15.8 Å². The molecule has 0 saturated heterocycles. The fourth-order valence-corrected chi connectivity index (χ4v) is 12.5. The Morgan fingerprint density at radius 2 is 1.05 bits per heavy atom. The van der Waals surface area contributed by atoms with Gasteiger partial charge in [0.1, 0.15) is 0 Å².